The Morgan fingerprint density at radius 2 is 2.04 bits per heavy atom. The highest BCUT2D eigenvalue weighted by Gasteiger charge is 2.38. The average Bonchev–Trinajstić information content (AvgIpc) is 3.29. The molecule has 1 aliphatic rings. The maximum Gasteiger partial charge on any atom is 0.186 e. The summed E-state index contributed by atoms with van der Waals surface area (Å²) >= 11 is 2.57. The van der Waals surface area contributed by atoms with Crippen LogP contribution in [0.1, 0.15) is 22.1 Å². The van der Waals surface area contributed by atoms with Crippen LogP contribution in [0.4, 0.5) is 4.39 Å². The number of ether oxygens (including phenoxy) is 1. The first-order valence-electron chi connectivity index (χ1n) is 8.49. The lowest BCUT2D eigenvalue weighted by Crippen LogP contribution is -2.11. The minimum Gasteiger partial charge on any atom is -0.489 e. The smallest absolute Gasteiger partial charge is 0.186 e. The first kappa shape index (κ1) is 18.6. The second-order valence-corrected chi connectivity index (χ2v) is 8.14. The number of hydrogen-bond acceptors (Lipinski definition) is 6. The van der Waals surface area contributed by atoms with Crippen molar-refractivity contribution < 1.29 is 13.9 Å². The minimum absolute atomic E-state index is 0.0867. The molecule has 4 rings (SSSR count). The highest BCUT2D eigenvalue weighted by Crippen LogP contribution is 2.41. The Balaban J connectivity index is 1.44. The van der Waals surface area contributed by atoms with Crippen molar-refractivity contribution in [3.05, 3.63) is 87.0 Å². The second kappa shape index (κ2) is 8.08. The first-order chi connectivity index (χ1) is 13.6. The molecule has 1 atom stereocenters. The number of hydrogen-bond donors (Lipinski definition) is 1. The lowest BCUT2D eigenvalue weighted by atomic mass is 10.1. The summed E-state index contributed by atoms with van der Waals surface area (Å²) in [7, 11) is 0. The third-order valence-electron chi connectivity index (χ3n) is 4.16. The van der Waals surface area contributed by atoms with E-state index < -0.39 is 5.92 Å². The van der Waals surface area contributed by atoms with Gasteiger partial charge in [0.2, 0.25) is 0 Å². The van der Waals surface area contributed by atoms with Gasteiger partial charge in [-0.2, -0.15) is 0 Å². The van der Waals surface area contributed by atoms with E-state index in [2.05, 4.69) is 4.98 Å². The summed E-state index contributed by atoms with van der Waals surface area (Å²) in [5.41, 5.74) is 1.60. The van der Waals surface area contributed by atoms with Gasteiger partial charge in [0.25, 0.3) is 0 Å². The summed E-state index contributed by atoms with van der Waals surface area (Å²) in [6, 6.07) is 13.6. The summed E-state index contributed by atoms with van der Waals surface area (Å²) in [5, 5.41) is 10.9. The Morgan fingerprint density at radius 1 is 1.21 bits per heavy atom. The molecule has 7 heteroatoms. The number of thioether (sulfide) groups is 1. The SMILES string of the molecule is N=C1S/C(=C\c2ccc(OCc3cccc(F)c3)cc2)C(=O)[C@@H]1c1nccs1. The van der Waals surface area contributed by atoms with Gasteiger partial charge in [0.1, 0.15) is 29.1 Å². The maximum absolute atomic E-state index is 13.2. The number of nitrogens with one attached hydrogen (secondary N) is 1. The van der Waals surface area contributed by atoms with E-state index in [-0.39, 0.29) is 18.2 Å². The zero-order valence-electron chi connectivity index (χ0n) is 14.6. The molecule has 2 aromatic carbocycles. The van der Waals surface area contributed by atoms with Crippen LogP contribution in [0.2, 0.25) is 0 Å². The fourth-order valence-electron chi connectivity index (χ4n) is 2.80. The Bertz CT molecular complexity index is 1050. The molecule has 2 heterocycles. The number of aromatic nitrogens is 1. The van der Waals surface area contributed by atoms with E-state index in [9.17, 15) is 9.18 Å². The van der Waals surface area contributed by atoms with Crippen molar-refractivity contribution in [1.29, 1.82) is 5.41 Å². The summed E-state index contributed by atoms with van der Waals surface area (Å²) in [6.45, 7) is 0.277. The van der Waals surface area contributed by atoms with Crippen molar-refractivity contribution in [2.45, 2.75) is 12.5 Å². The normalized spacial score (nSPS) is 18.0. The van der Waals surface area contributed by atoms with Gasteiger partial charge < -0.3 is 4.74 Å². The van der Waals surface area contributed by atoms with Crippen LogP contribution >= 0.6 is 23.1 Å². The number of ketones is 1. The molecule has 0 bridgehead atoms. The lowest BCUT2D eigenvalue weighted by molar-refractivity contribution is -0.114. The standard InChI is InChI=1S/C21H15FN2O2S2/c22-15-3-1-2-14(10-15)12-26-16-6-4-13(5-7-16)11-17-19(25)18(20(23)28-17)21-24-8-9-27-21/h1-11,18,23H,12H2/b17-11-,23-20?/t18-/m0/s1. The van der Waals surface area contributed by atoms with Gasteiger partial charge in [-0.3, -0.25) is 10.2 Å². The van der Waals surface area contributed by atoms with Crippen LogP contribution in [0, 0.1) is 11.2 Å². The second-order valence-electron chi connectivity index (χ2n) is 6.13. The van der Waals surface area contributed by atoms with Gasteiger partial charge in [-0.1, -0.05) is 36.0 Å². The number of benzene rings is 2. The van der Waals surface area contributed by atoms with E-state index in [1.165, 1.54) is 35.2 Å². The van der Waals surface area contributed by atoms with Gasteiger partial charge in [-0.05, 0) is 41.5 Å². The fraction of sp³-hybridized carbons (Fsp3) is 0.0952. The molecule has 28 heavy (non-hydrogen) atoms. The van der Waals surface area contributed by atoms with Gasteiger partial charge in [0, 0.05) is 11.6 Å². The summed E-state index contributed by atoms with van der Waals surface area (Å²) in [5.74, 6) is -0.296. The third-order valence-corrected chi connectivity index (χ3v) is 5.99. The molecule has 0 aliphatic carbocycles. The van der Waals surface area contributed by atoms with E-state index in [1.54, 1.807) is 36.5 Å². The van der Waals surface area contributed by atoms with Crippen LogP contribution in [0.3, 0.4) is 0 Å². The number of nitrogens with zero attached hydrogens (tertiary/aromatic N) is 1. The Morgan fingerprint density at radius 3 is 2.75 bits per heavy atom. The maximum atomic E-state index is 13.2. The van der Waals surface area contributed by atoms with Gasteiger partial charge >= 0.3 is 0 Å². The highest BCUT2D eigenvalue weighted by molar-refractivity contribution is 8.19. The monoisotopic (exact) mass is 410 g/mol. The molecule has 0 saturated carbocycles. The quantitative estimate of drug-likeness (QED) is 0.582. The number of rotatable bonds is 5. The van der Waals surface area contributed by atoms with Gasteiger partial charge in [0.15, 0.2) is 5.78 Å². The summed E-state index contributed by atoms with van der Waals surface area (Å²) in [4.78, 5) is 17.4. The molecule has 140 valence electrons. The molecule has 1 N–H and O–H groups in total. The van der Waals surface area contributed by atoms with E-state index in [1.807, 2.05) is 17.5 Å². The van der Waals surface area contributed by atoms with Crippen molar-refractivity contribution in [2.24, 2.45) is 0 Å². The third kappa shape index (κ3) is 4.05. The molecule has 1 aliphatic heterocycles. The Labute approximate surface area is 169 Å². The van der Waals surface area contributed by atoms with E-state index >= 15 is 0 Å². The van der Waals surface area contributed by atoms with Crippen LogP contribution in [-0.4, -0.2) is 15.8 Å². The molecule has 0 amide bonds. The van der Waals surface area contributed by atoms with E-state index in [4.69, 9.17) is 10.1 Å². The van der Waals surface area contributed by atoms with Gasteiger partial charge in [0.05, 0.1) is 9.95 Å². The van der Waals surface area contributed by atoms with Gasteiger partial charge in [-0.15, -0.1) is 11.3 Å². The molecule has 1 aromatic heterocycles. The molecule has 4 nitrogen and oxygen atoms in total. The number of allylic oxidation sites excluding steroid dienone is 1. The lowest BCUT2D eigenvalue weighted by Gasteiger charge is -2.07. The predicted molar refractivity (Wildman–Crippen MR) is 110 cm³/mol. The number of carbonyl (C=O) groups excluding carboxylic acids is 1. The van der Waals surface area contributed by atoms with Crippen LogP contribution in [0.15, 0.2) is 65.0 Å². The van der Waals surface area contributed by atoms with Crippen LogP contribution < -0.4 is 4.74 Å². The number of Topliss-reactive ketones (excluding diaryl/α,β-unsaturated/α-hetero) is 1. The number of thiazole rings is 1. The van der Waals surface area contributed by atoms with Crippen LogP contribution in [0.5, 0.6) is 5.75 Å². The van der Waals surface area contributed by atoms with Crippen molar-refractivity contribution >= 4 is 40.0 Å². The summed E-state index contributed by atoms with van der Waals surface area (Å²) in [6.07, 6.45) is 3.43. The molecule has 1 fully saturated rings. The number of carbonyl (C=O) groups is 1. The molecule has 3 aromatic rings. The minimum atomic E-state index is -0.579. The van der Waals surface area contributed by atoms with Crippen molar-refractivity contribution in [3.63, 3.8) is 0 Å². The van der Waals surface area contributed by atoms with Crippen LogP contribution in [0.25, 0.3) is 6.08 Å². The number of halogens is 1. The average molecular weight is 410 g/mol. The summed E-state index contributed by atoms with van der Waals surface area (Å²) < 4.78 is 18.9. The highest BCUT2D eigenvalue weighted by atomic mass is 32.2. The molecule has 1 saturated heterocycles. The zero-order valence-corrected chi connectivity index (χ0v) is 16.2. The largest absolute Gasteiger partial charge is 0.489 e. The predicted octanol–water partition coefficient (Wildman–Crippen LogP) is 5.28. The zero-order chi connectivity index (χ0) is 19.5. The Hall–Kier alpha value is -2.77. The first-order valence-corrected chi connectivity index (χ1v) is 10.2. The molecular formula is C21H15FN2O2S2. The van der Waals surface area contributed by atoms with Crippen molar-refractivity contribution in [1.82, 2.24) is 4.98 Å². The van der Waals surface area contributed by atoms with E-state index in [0.29, 0.717) is 20.7 Å². The molecular weight excluding hydrogens is 395 g/mol. The van der Waals surface area contributed by atoms with Crippen molar-refractivity contribution in [2.75, 3.05) is 0 Å². The van der Waals surface area contributed by atoms with Crippen molar-refractivity contribution in [3.8, 4) is 5.75 Å². The molecule has 0 radical (unpaired) electrons. The van der Waals surface area contributed by atoms with Gasteiger partial charge in [-0.25, -0.2) is 9.37 Å². The van der Waals surface area contributed by atoms with Crippen LogP contribution in [-0.2, 0) is 11.4 Å². The topological polar surface area (TPSA) is 63.0 Å². The Kier molecular flexibility index (Phi) is 5.36. The molecule has 0 unspecified atom stereocenters. The molecule has 0 spiro atoms. The fourth-order valence-corrected chi connectivity index (χ4v) is 4.60. The van der Waals surface area contributed by atoms with E-state index in [0.717, 1.165) is 11.1 Å².